The number of hydrogen-bond donors (Lipinski definition) is 1. The minimum Gasteiger partial charge on any atom is -0.378 e. The van der Waals surface area contributed by atoms with E-state index in [1.807, 2.05) is 43.3 Å². The number of fused-ring (bicyclic) bond motifs is 1. The fourth-order valence-corrected chi connectivity index (χ4v) is 2.62. The maximum atomic E-state index is 12.5. The third-order valence-electron chi connectivity index (χ3n) is 3.74. The van der Waals surface area contributed by atoms with Crippen molar-refractivity contribution in [2.45, 2.75) is 6.54 Å². The molecule has 0 radical (unpaired) electrons. The van der Waals surface area contributed by atoms with Gasteiger partial charge in [-0.2, -0.15) is 0 Å². The smallest absolute Gasteiger partial charge is 0.329 e. The molecule has 3 aromatic rings. The lowest BCUT2D eigenvalue weighted by molar-refractivity contribution is 0.711. The Balaban J connectivity index is 2.04. The highest BCUT2D eigenvalue weighted by atomic mass is 35.5. The largest absolute Gasteiger partial charge is 0.378 e. The van der Waals surface area contributed by atoms with Crippen molar-refractivity contribution in [2.75, 3.05) is 19.0 Å². The van der Waals surface area contributed by atoms with E-state index >= 15 is 0 Å². The summed E-state index contributed by atoms with van der Waals surface area (Å²) in [5.74, 6) is 0. The zero-order valence-corrected chi connectivity index (χ0v) is 13.6. The van der Waals surface area contributed by atoms with Crippen LogP contribution in [0.1, 0.15) is 5.56 Å². The number of anilines is 1. The van der Waals surface area contributed by atoms with Crippen LogP contribution in [0.5, 0.6) is 0 Å². The number of benzene rings is 2. The minimum absolute atomic E-state index is 0.223. The van der Waals surface area contributed by atoms with E-state index in [-0.39, 0.29) is 12.1 Å². The SMILES string of the molecule is CN(C)c1ccc(Cn2c(=O)[nH]c3cc(Cl)ccc3c2=O)cc1. The van der Waals surface area contributed by atoms with Gasteiger partial charge >= 0.3 is 5.69 Å². The lowest BCUT2D eigenvalue weighted by Crippen LogP contribution is -2.35. The zero-order chi connectivity index (χ0) is 16.6. The molecular weight excluding hydrogens is 314 g/mol. The second-order valence-electron chi connectivity index (χ2n) is 5.57. The van der Waals surface area contributed by atoms with Gasteiger partial charge in [-0.25, -0.2) is 4.79 Å². The van der Waals surface area contributed by atoms with Crippen molar-refractivity contribution in [2.24, 2.45) is 0 Å². The first-order chi connectivity index (χ1) is 11.0. The van der Waals surface area contributed by atoms with Crippen molar-refractivity contribution < 1.29 is 0 Å². The van der Waals surface area contributed by atoms with Gasteiger partial charge in [0.2, 0.25) is 0 Å². The summed E-state index contributed by atoms with van der Waals surface area (Å²) in [6, 6.07) is 12.6. The van der Waals surface area contributed by atoms with Crippen LogP contribution < -0.4 is 16.1 Å². The van der Waals surface area contributed by atoms with Crippen LogP contribution in [0.4, 0.5) is 5.69 Å². The molecule has 0 spiro atoms. The van der Waals surface area contributed by atoms with Crippen LogP contribution in [-0.2, 0) is 6.54 Å². The first-order valence-electron chi connectivity index (χ1n) is 7.14. The molecule has 0 aliphatic rings. The van der Waals surface area contributed by atoms with Crippen LogP contribution in [0, 0.1) is 0 Å². The fourth-order valence-electron chi connectivity index (χ4n) is 2.45. The molecule has 0 aliphatic heterocycles. The molecular formula is C17H16ClN3O2. The topological polar surface area (TPSA) is 58.1 Å². The molecule has 0 fully saturated rings. The number of aromatic amines is 1. The summed E-state index contributed by atoms with van der Waals surface area (Å²) < 4.78 is 1.20. The van der Waals surface area contributed by atoms with Gasteiger partial charge in [0, 0.05) is 24.8 Å². The number of hydrogen-bond acceptors (Lipinski definition) is 3. The number of halogens is 1. The first-order valence-corrected chi connectivity index (χ1v) is 7.52. The summed E-state index contributed by atoms with van der Waals surface area (Å²) in [5, 5.41) is 0.920. The fraction of sp³-hybridized carbons (Fsp3) is 0.176. The summed E-state index contributed by atoms with van der Waals surface area (Å²) in [6.45, 7) is 0.223. The molecule has 0 saturated carbocycles. The van der Waals surface area contributed by atoms with Gasteiger partial charge in [-0.05, 0) is 35.9 Å². The highest BCUT2D eigenvalue weighted by Crippen LogP contribution is 2.14. The summed E-state index contributed by atoms with van der Waals surface area (Å²) in [4.78, 5) is 29.4. The molecule has 23 heavy (non-hydrogen) atoms. The summed E-state index contributed by atoms with van der Waals surface area (Å²) in [5.41, 5.74) is 1.63. The molecule has 1 aromatic heterocycles. The second kappa shape index (κ2) is 5.93. The number of rotatable bonds is 3. The predicted octanol–water partition coefficient (Wildman–Crippen LogP) is 2.46. The molecule has 1 N–H and O–H groups in total. The zero-order valence-electron chi connectivity index (χ0n) is 12.8. The third-order valence-corrected chi connectivity index (χ3v) is 3.97. The van der Waals surface area contributed by atoms with Crippen molar-refractivity contribution in [1.29, 1.82) is 0 Å². The van der Waals surface area contributed by atoms with Crippen LogP contribution in [0.25, 0.3) is 10.9 Å². The Bertz CT molecular complexity index is 972. The number of nitrogens with one attached hydrogen (secondary N) is 1. The predicted molar refractivity (Wildman–Crippen MR) is 93.7 cm³/mol. The van der Waals surface area contributed by atoms with Crippen molar-refractivity contribution in [3.8, 4) is 0 Å². The maximum absolute atomic E-state index is 12.5. The molecule has 0 atom stereocenters. The quantitative estimate of drug-likeness (QED) is 0.803. The Morgan fingerprint density at radius 3 is 2.43 bits per heavy atom. The Morgan fingerprint density at radius 1 is 1.09 bits per heavy atom. The van der Waals surface area contributed by atoms with E-state index < -0.39 is 5.69 Å². The number of aromatic nitrogens is 2. The molecule has 5 nitrogen and oxygen atoms in total. The molecule has 0 saturated heterocycles. The molecule has 0 amide bonds. The third kappa shape index (κ3) is 3.00. The molecule has 1 heterocycles. The van der Waals surface area contributed by atoms with E-state index in [1.54, 1.807) is 18.2 Å². The maximum Gasteiger partial charge on any atom is 0.329 e. The minimum atomic E-state index is -0.443. The van der Waals surface area contributed by atoms with Crippen molar-refractivity contribution >= 4 is 28.2 Å². The monoisotopic (exact) mass is 329 g/mol. The highest BCUT2D eigenvalue weighted by molar-refractivity contribution is 6.31. The summed E-state index contributed by atoms with van der Waals surface area (Å²) in [6.07, 6.45) is 0. The van der Waals surface area contributed by atoms with Gasteiger partial charge in [0.25, 0.3) is 5.56 Å². The number of H-pyrrole nitrogens is 1. The van der Waals surface area contributed by atoms with Gasteiger partial charge in [0.1, 0.15) is 0 Å². The molecule has 0 bridgehead atoms. The van der Waals surface area contributed by atoms with Gasteiger partial charge in [0.15, 0.2) is 0 Å². The van der Waals surface area contributed by atoms with E-state index in [4.69, 9.17) is 11.6 Å². The Morgan fingerprint density at radius 2 is 1.78 bits per heavy atom. The highest BCUT2D eigenvalue weighted by Gasteiger charge is 2.08. The summed E-state index contributed by atoms with van der Waals surface area (Å²) in [7, 11) is 3.91. The van der Waals surface area contributed by atoms with Gasteiger partial charge in [0.05, 0.1) is 17.4 Å². The molecule has 0 unspecified atom stereocenters. The Kier molecular flexibility index (Phi) is 3.96. The second-order valence-corrected chi connectivity index (χ2v) is 6.01. The average Bonchev–Trinajstić information content (AvgIpc) is 2.51. The Hall–Kier alpha value is -2.53. The van der Waals surface area contributed by atoms with E-state index in [2.05, 4.69) is 4.98 Å². The lowest BCUT2D eigenvalue weighted by atomic mass is 10.2. The molecule has 3 rings (SSSR count). The molecule has 2 aromatic carbocycles. The van der Waals surface area contributed by atoms with E-state index in [0.717, 1.165) is 11.3 Å². The molecule has 0 aliphatic carbocycles. The summed E-state index contributed by atoms with van der Waals surface area (Å²) >= 11 is 5.90. The van der Waals surface area contributed by atoms with E-state index in [0.29, 0.717) is 15.9 Å². The van der Waals surface area contributed by atoms with Crippen molar-refractivity contribution in [3.63, 3.8) is 0 Å². The van der Waals surface area contributed by atoms with E-state index in [1.165, 1.54) is 4.57 Å². The molecule has 118 valence electrons. The molecule has 6 heteroatoms. The van der Waals surface area contributed by atoms with Gasteiger partial charge in [-0.1, -0.05) is 23.7 Å². The van der Waals surface area contributed by atoms with Crippen molar-refractivity contribution in [3.05, 3.63) is 73.9 Å². The van der Waals surface area contributed by atoms with Gasteiger partial charge in [-0.3, -0.25) is 9.36 Å². The van der Waals surface area contributed by atoms with Crippen LogP contribution in [0.15, 0.2) is 52.1 Å². The Labute approximate surface area is 137 Å². The van der Waals surface area contributed by atoms with Crippen LogP contribution in [-0.4, -0.2) is 23.6 Å². The first kappa shape index (κ1) is 15.4. The van der Waals surface area contributed by atoms with Crippen LogP contribution in [0.3, 0.4) is 0 Å². The van der Waals surface area contributed by atoms with Crippen molar-refractivity contribution in [1.82, 2.24) is 9.55 Å². The van der Waals surface area contributed by atoms with Crippen LogP contribution in [0.2, 0.25) is 5.02 Å². The van der Waals surface area contributed by atoms with Gasteiger partial charge in [-0.15, -0.1) is 0 Å². The van der Waals surface area contributed by atoms with Gasteiger partial charge < -0.3 is 9.88 Å². The lowest BCUT2D eigenvalue weighted by Gasteiger charge is -2.13. The standard InChI is InChI=1S/C17H16ClN3O2/c1-20(2)13-6-3-11(4-7-13)10-21-16(22)14-8-5-12(18)9-15(14)19-17(21)23/h3-9H,10H2,1-2H3,(H,19,23). The van der Waals surface area contributed by atoms with E-state index in [9.17, 15) is 9.59 Å². The normalized spacial score (nSPS) is 10.9. The van der Waals surface area contributed by atoms with Crippen LogP contribution >= 0.6 is 11.6 Å². The average molecular weight is 330 g/mol. The number of nitrogens with zero attached hydrogens (tertiary/aromatic N) is 2.